The Morgan fingerprint density at radius 2 is 1.60 bits per heavy atom. The van der Waals surface area contributed by atoms with Gasteiger partial charge in [-0.3, -0.25) is 4.90 Å². The van der Waals surface area contributed by atoms with Gasteiger partial charge in [-0.05, 0) is 11.6 Å². The van der Waals surface area contributed by atoms with E-state index in [-0.39, 0.29) is 0 Å². The molecule has 0 aromatic heterocycles. The second kappa shape index (κ2) is 7.34. The number of alkyl halides is 2. The van der Waals surface area contributed by atoms with Gasteiger partial charge in [-0.25, -0.2) is 0 Å². The summed E-state index contributed by atoms with van der Waals surface area (Å²) in [4.78, 5) is 2.20. The Kier molecular flexibility index (Phi) is 6.42. The Hall–Kier alpha value is 0.0500. The Labute approximate surface area is 106 Å². The molecule has 0 atom stereocenters. The quantitative estimate of drug-likeness (QED) is 0.711. The average Bonchev–Trinajstić information content (AvgIpc) is 2.22. The van der Waals surface area contributed by atoms with Crippen molar-refractivity contribution in [1.29, 1.82) is 0 Å². The number of hydrogen-bond donors (Lipinski definition) is 0. The summed E-state index contributed by atoms with van der Waals surface area (Å²) < 4.78 is 0. The fraction of sp³-hybridized carbons (Fsp3) is 0.455. The SMILES string of the molecule is ClCCN(CCCl)Cc1ccccc1Cl. The van der Waals surface area contributed by atoms with Crippen molar-refractivity contribution in [2.24, 2.45) is 0 Å². The predicted molar refractivity (Wildman–Crippen MR) is 68.2 cm³/mol. The molecule has 84 valence electrons. The van der Waals surface area contributed by atoms with Gasteiger partial charge in [-0.1, -0.05) is 29.8 Å². The van der Waals surface area contributed by atoms with Gasteiger partial charge >= 0.3 is 0 Å². The van der Waals surface area contributed by atoms with Gasteiger partial charge in [-0.2, -0.15) is 0 Å². The van der Waals surface area contributed by atoms with Crippen LogP contribution in [0.25, 0.3) is 0 Å². The number of hydrogen-bond acceptors (Lipinski definition) is 1. The molecule has 0 amide bonds. The molecule has 0 fully saturated rings. The molecular weight excluding hydrogens is 252 g/mol. The topological polar surface area (TPSA) is 3.24 Å². The fourth-order valence-electron chi connectivity index (χ4n) is 1.38. The van der Waals surface area contributed by atoms with Gasteiger partial charge in [0, 0.05) is 36.4 Å². The van der Waals surface area contributed by atoms with Crippen molar-refractivity contribution in [3.63, 3.8) is 0 Å². The Balaban J connectivity index is 2.60. The van der Waals surface area contributed by atoms with Crippen LogP contribution in [-0.2, 0) is 6.54 Å². The van der Waals surface area contributed by atoms with Crippen LogP contribution in [0.1, 0.15) is 5.56 Å². The number of nitrogens with zero attached hydrogens (tertiary/aromatic N) is 1. The lowest BCUT2D eigenvalue weighted by atomic mass is 10.2. The van der Waals surface area contributed by atoms with E-state index in [1.54, 1.807) is 0 Å². The van der Waals surface area contributed by atoms with Gasteiger partial charge in [0.15, 0.2) is 0 Å². The molecule has 4 heteroatoms. The monoisotopic (exact) mass is 265 g/mol. The summed E-state index contributed by atoms with van der Waals surface area (Å²) in [6, 6.07) is 7.84. The maximum absolute atomic E-state index is 6.08. The molecule has 15 heavy (non-hydrogen) atoms. The third kappa shape index (κ3) is 4.60. The van der Waals surface area contributed by atoms with E-state index in [4.69, 9.17) is 34.8 Å². The molecular formula is C11H14Cl3N. The smallest absolute Gasteiger partial charge is 0.0451 e. The van der Waals surface area contributed by atoms with Crippen LogP contribution in [0.2, 0.25) is 5.02 Å². The van der Waals surface area contributed by atoms with Crippen LogP contribution in [0, 0.1) is 0 Å². The van der Waals surface area contributed by atoms with Gasteiger partial charge < -0.3 is 0 Å². The first-order valence-electron chi connectivity index (χ1n) is 4.85. The highest BCUT2D eigenvalue weighted by molar-refractivity contribution is 6.31. The van der Waals surface area contributed by atoms with E-state index in [0.717, 1.165) is 30.2 Å². The molecule has 0 heterocycles. The average molecular weight is 267 g/mol. The minimum Gasteiger partial charge on any atom is -0.297 e. The molecule has 0 aliphatic rings. The summed E-state index contributed by atoms with van der Waals surface area (Å²) in [5.41, 5.74) is 1.12. The summed E-state index contributed by atoms with van der Waals surface area (Å²) in [7, 11) is 0. The highest BCUT2D eigenvalue weighted by atomic mass is 35.5. The summed E-state index contributed by atoms with van der Waals surface area (Å²) in [6.45, 7) is 2.47. The lowest BCUT2D eigenvalue weighted by molar-refractivity contribution is 0.299. The predicted octanol–water partition coefficient (Wildman–Crippen LogP) is 3.62. The van der Waals surface area contributed by atoms with Crippen LogP contribution < -0.4 is 0 Å². The standard InChI is InChI=1S/C11H14Cl3N/c12-5-7-15(8-6-13)9-10-3-1-2-4-11(10)14/h1-4H,5-9H2. The van der Waals surface area contributed by atoms with Crippen LogP contribution in [0.4, 0.5) is 0 Å². The number of rotatable bonds is 6. The lowest BCUT2D eigenvalue weighted by Crippen LogP contribution is -2.27. The van der Waals surface area contributed by atoms with E-state index in [1.165, 1.54) is 0 Å². The minimum absolute atomic E-state index is 0.612. The molecule has 0 aliphatic carbocycles. The highest BCUT2D eigenvalue weighted by Gasteiger charge is 2.06. The van der Waals surface area contributed by atoms with Gasteiger partial charge in [-0.15, -0.1) is 23.2 Å². The molecule has 0 spiro atoms. The molecule has 1 aromatic rings. The third-order valence-electron chi connectivity index (χ3n) is 2.15. The van der Waals surface area contributed by atoms with E-state index >= 15 is 0 Å². The molecule has 1 nitrogen and oxygen atoms in total. The van der Waals surface area contributed by atoms with Crippen molar-refractivity contribution in [2.75, 3.05) is 24.8 Å². The van der Waals surface area contributed by atoms with Crippen molar-refractivity contribution in [3.8, 4) is 0 Å². The maximum atomic E-state index is 6.08. The van der Waals surface area contributed by atoms with Gasteiger partial charge in [0.05, 0.1) is 0 Å². The largest absolute Gasteiger partial charge is 0.297 e. The number of halogens is 3. The Morgan fingerprint density at radius 1 is 1.00 bits per heavy atom. The third-order valence-corrected chi connectivity index (χ3v) is 2.86. The van der Waals surface area contributed by atoms with E-state index < -0.39 is 0 Å². The summed E-state index contributed by atoms with van der Waals surface area (Å²) in [5, 5.41) is 0.798. The molecule has 0 radical (unpaired) electrons. The second-order valence-electron chi connectivity index (χ2n) is 3.25. The molecule has 1 aromatic carbocycles. The van der Waals surface area contributed by atoms with Crippen LogP contribution in [-0.4, -0.2) is 29.7 Å². The Bertz CT molecular complexity index is 285. The summed E-state index contributed by atoms with van der Waals surface area (Å²) in [5.74, 6) is 1.22. The zero-order chi connectivity index (χ0) is 11.1. The maximum Gasteiger partial charge on any atom is 0.0451 e. The van der Waals surface area contributed by atoms with Crippen LogP contribution in [0.5, 0.6) is 0 Å². The van der Waals surface area contributed by atoms with E-state index in [9.17, 15) is 0 Å². The lowest BCUT2D eigenvalue weighted by Gasteiger charge is -2.20. The molecule has 1 rings (SSSR count). The molecule has 0 saturated heterocycles. The van der Waals surface area contributed by atoms with E-state index in [0.29, 0.717) is 11.8 Å². The van der Waals surface area contributed by atoms with Gasteiger partial charge in [0.1, 0.15) is 0 Å². The molecule has 0 saturated carbocycles. The minimum atomic E-state index is 0.612. The van der Waals surface area contributed by atoms with Crippen molar-refractivity contribution >= 4 is 34.8 Å². The van der Waals surface area contributed by atoms with Gasteiger partial charge in [0.2, 0.25) is 0 Å². The first kappa shape index (κ1) is 13.1. The normalized spacial score (nSPS) is 10.9. The van der Waals surface area contributed by atoms with Crippen LogP contribution >= 0.6 is 34.8 Å². The van der Waals surface area contributed by atoms with Crippen LogP contribution in [0.15, 0.2) is 24.3 Å². The molecule has 0 unspecified atom stereocenters. The van der Waals surface area contributed by atoms with Crippen molar-refractivity contribution in [3.05, 3.63) is 34.9 Å². The fourth-order valence-corrected chi connectivity index (χ4v) is 2.05. The van der Waals surface area contributed by atoms with Crippen molar-refractivity contribution in [1.82, 2.24) is 4.90 Å². The zero-order valence-corrected chi connectivity index (χ0v) is 10.7. The van der Waals surface area contributed by atoms with Crippen LogP contribution in [0.3, 0.4) is 0 Å². The van der Waals surface area contributed by atoms with Crippen molar-refractivity contribution in [2.45, 2.75) is 6.54 Å². The van der Waals surface area contributed by atoms with Gasteiger partial charge in [0.25, 0.3) is 0 Å². The number of benzene rings is 1. The van der Waals surface area contributed by atoms with Crippen molar-refractivity contribution < 1.29 is 0 Å². The molecule has 0 aliphatic heterocycles. The van der Waals surface area contributed by atoms with E-state index in [2.05, 4.69) is 4.90 Å². The first-order chi connectivity index (χ1) is 7.27. The Morgan fingerprint density at radius 3 is 2.13 bits per heavy atom. The molecule has 0 N–H and O–H groups in total. The first-order valence-corrected chi connectivity index (χ1v) is 6.30. The summed E-state index contributed by atoms with van der Waals surface area (Å²) >= 11 is 17.5. The van der Waals surface area contributed by atoms with E-state index in [1.807, 2.05) is 24.3 Å². The second-order valence-corrected chi connectivity index (χ2v) is 4.41. The molecule has 0 bridgehead atoms. The highest BCUT2D eigenvalue weighted by Crippen LogP contribution is 2.16. The summed E-state index contributed by atoms with van der Waals surface area (Å²) in [6.07, 6.45) is 0. The zero-order valence-electron chi connectivity index (χ0n) is 8.43.